The Bertz CT molecular complexity index is 735. The van der Waals surface area contributed by atoms with Gasteiger partial charge in [-0.1, -0.05) is 24.3 Å². The number of benzene rings is 2. The van der Waals surface area contributed by atoms with Crippen LogP contribution in [0.3, 0.4) is 0 Å². The second-order valence-corrected chi connectivity index (χ2v) is 5.36. The number of carbonyl (C=O) groups is 1. The average Bonchev–Trinajstić information content (AvgIpc) is 2.55. The third-order valence-corrected chi connectivity index (χ3v) is 3.99. The molecule has 1 aliphatic heterocycles. The van der Waals surface area contributed by atoms with E-state index in [0.717, 1.165) is 12.8 Å². The molecule has 0 aliphatic carbocycles. The predicted molar refractivity (Wildman–Crippen MR) is 78.1 cm³/mol. The quantitative estimate of drug-likeness (QED) is 0.805. The predicted octanol–water partition coefficient (Wildman–Crippen LogP) is 3.35. The fraction of sp³-hybridized carbons (Fsp3) is 0.294. The minimum atomic E-state index is -0.323. The molecule has 2 aromatic carbocycles. The minimum absolute atomic E-state index is 0.102. The monoisotopic (exact) mass is 282 g/mol. The summed E-state index contributed by atoms with van der Waals surface area (Å²) in [6.45, 7) is 1.11. The maximum absolute atomic E-state index is 13.8. The first-order chi connectivity index (χ1) is 10.2. The smallest absolute Gasteiger partial charge is 0.254 e. The molecule has 0 bridgehead atoms. The van der Waals surface area contributed by atoms with Gasteiger partial charge in [-0.15, -0.1) is 0 Å². The van der Waals surface area contributed by atoms with Crippen LogP contribution in [0.1, 0.15) is 23.2 Å². The molecule has 3 nitrogen and oxygen atoms in total. The van der Waals surface area contributed by atoms with Crippen molar-refractivity contribution < 1.29 is 9.18 Å². The molecule has 1 fully saturated rings. The average molecular weight is 282 g/mol. The lowest BCUT2D eigenvalue weighted by atomic mass is 9.97. The van der Waals surface area contributed by atoms with E-state index >= 15 is 0 Å². The summed E-state index contributed by atoms with van der Waals surface area (Å²) in [7, 11) is 0. The molecule has 2 aromatic rings. The Balaban J connectivity index is 1.99. The summed E-state index contributed by atoms with van der Waals surface area (Å²) < 4.78 is 13.8. The molecule has 1 amide bonds. The van der Waals surface area contributed by atoms with Gasteiger partial charge in [0.1, 0.15) is 5.82 Å². The van der Waals surface area contributed by atoms with E-state index in [1.165, 1.54) is 12.1 Å². The van der Waals surface area contributed by atoms with E-state index in [2.05, 4.69) is 6.07 Å². The van der Waals surface area contributed by atoms with Crippen molar-refractivity contribution in [3.8, 4) is 6.07 Å². The van der Waals surface area contributed by atoms with Gasteiger partial charge in [-0.25, -0.2) is 4.39 Å². The van der Waals surface area contributed by atoms with Gasteiger partial charge in [0.2, 0.25) is 0 Å². The van der Waals surface area contributed by atoms with E-state index in [1.807, 2.05) is 0 Å². The van der Waals surface area contributed by atoms with E-state index in [1.54, 1.807) is 29.2 Å². The molecule has 4 heteroatoms. The molecule has 0 aromatic heterocycles. The summed E-state index contributed by atoms with van der Waals surface area (Å²) >= 11 is 0. The minimum Gasteiger partial charge on any atom is -0.337 e. The Hall–Kier alpha value is -2.41. The molecule has 21 heavy (non-hydrogen) atoms. The molecule has 1 unspecified atom stereocenters. The van der Waals surface area contributed by atoms with Crippen molar-refractivity contribution in [1.29, 1.82) is 5.26 Å². The van der Waals surface area contributed by atoms with Gasteiger partial charge in [-0.05, 0) is 30.4 Å². The van der Waals surface area contributed by atoms with Crippen LogP contribution in [-0.2, 0) is 0 Å². The molecule has 1 aliphatic rings. The highest BCUT2D eigenvalue weighted by Gasteiger charge is 2.25. The lowest BCUT2D eigenvalue weighted by molar-refractivity contribution is 0.0701. The largest absolute Gasteiger partial charge is 0.337 e. The normalized spacial score (nSPS) is 18.5. The summed E-state index contributed by atoms with van der Waals surface area (Å²) in [6, 6.07) is 12.1. The van der Waals surface area contributed by atoms with Crippen LogP contribution in [0.25, 0.3) is 10.8 Å². The molecule has 0 N–H and O–H groups in total. The van der Waals surface area contributed by atoms with Crippen LogP contribution in [0.15, 0.2) is 36.4 Å². The van der Waals surface area contributed by atoms with E-state index < -0.39 is 0 Å². The van der Waals surface area contributed by atoms with E-state index in [-0.39, 0.29) is 17.6 Å². The van der Waals surface area contributed by atoms with E-state index in [0.29, 0.717) is 29.4 Å². The van der Waals surface area contributed by atoms with E-state index in [4.69, 9.17) is 5.26 Å². The third kappa shape index (κ3) is 2.47. The number of rotatable bonds is 1. The first-order valence-corrected chi connectivity index (χ1v) is 7.07. The standard InChI is InChI=1S/C17H15FN2O/c18-16-8-7-15(13-5-1-2-6-14(13)16)17(21)20-9-3-4-12(10-19)11-20/h1-2,5-8,12H,3-4,9,11H2. The SMILES string of the molecule is N#CC1CCCN(C(=O)c2ccc(F)c3ccccc23)C1. The molecule has 1 atom stereocenters. The van der Waals surface area contributed by atoms with Crippen LogP contribution in [0.2, 0.25) is 0 Å². The molecule has 3 rings (SSSR count). The Morgan fingerprint density at radius 1 is 1.24 bits per heavy atom. The van der Waals surface area contributed by atoms with Crippen molar-refractivity contribution in [1.82, 2.24) is 4.90 Å². The van der Waals surface area contributed by atoms with Crippen molar-refractivity contribution in [2.45, 2.75) is 12.8 Å². The number of amides is 1. The zero-order valence-corrected chi connectivity index (χ0v) is 11.6. The van der Waals surface area contributed by atoms with Gasteiger partial charge < -0.3 is 4.90 Å². The Morgan fingerprint density at radius 2 is 2.00 bits per heavy atom. The maximum atomic E-state index is 13.8. The summed E-state index contributed by atoms with van der Waals surface area (Å²) in [4.78, 5) is 14.4. The Morgan fingerprint density at radius 3 is 2.76 bits per heavy atom. The number of nitriles is 1. The molecular formula is C17H15FN2O. The van der Waals surface area contributed by atoms with E-state index in [9.17, 15) is 9.18 Å². The number of hydrogen-bond acceptors (Lipinski definition) is 2. The van der Waals surface area contributed by atoms with Crippen LogP contribution in [0.4, 0.5) is 4.39 Å². The van der Waals surface area contributed by atoms with Gasteiger partial charge in [0.15, 0.2) is 0 Å². The summed E-state index contributed by atoms with van der Waals surface area (Å²) in [5.41, 5.74) is 0.505. The summed E-state index contributed by atoms with van der Waals surface area (Å²) in [6.07, 6.45) is 1.67. The first-order valence-electron chi connectivity index (χ1n) is 7.07. The highest BCUT2D eigenvalue weighted by atomic mass is 19.1. The Kier molecular flexibility index (Phi) is 3.57. The molecule has 106 valence electrons. The van der Waals surface area contributed by atoms with Crippen molar-refractivity contribution in [3.05, 3.63) is 47.8 Å². The van der Waals surface area contributed by atoms with Gasteiger partial charge in [0.05, 0.1) is 12.0 Å². The molecular weight excluding hydrogens is 267 g/mol. The highest BCUT2D eigenvalue weighted by molar-refractivity contribution is 6.07. The number of carbonyl (C=O) groups excluding carboxylic acids is 1. The molecule has 0 spiro atoms. The summed E-state index contributed by atoms with van der Waals surface area (Å²) in [5, 5.41) is 10.1. The summed E-state index contributed by atoms with van der Waals surface area (Å²) in [5.74, 6) is -0.545. The van der Waals surface area contributed by atoms with Crippen molar-refractivity contribution in [3.63, 3.8) is 0 Å². The zero-order chi connectivity index (χ0) is 14.8. The molecule has 1 saturated heterocycles. The number of fused-ring (bicyclic) bond motifs is 1. The fourth-order valence-electron chi connectivity index (χ4n) is 2.89. The zero-order valence-electron chi connectivity index (χ0n) is 11.6. The van der Waals surface area contributed by atoms with Crippen molar-refractivity contribution in [2.24, 2.45) is 5.92 Å². The Labute approximate surface area is 122 Å². The second kappa shape index (κ2) is 5.53. The fourth-order valence-corrected chi connectivity index (χ4v) is 2.89. The second-order valence-electron chi connectivity index (χ2n) is 5.36. The highest BCUT2D eigenvalue weighted by Crippen LogP contribution is 2.25. The van der Waals surface area contributed by atoms with Crippen LogP contribution in [-0.4, -0.2) is 23.9 Å². The maximum Gasteiger partial charge on any atom is 0.254 e. The van der Waals surface area contributed by atoms with Gasteiger partial charge in [0, 0.05) is 24.0 Å². The first kappa shape index (κ1) is 13.6. The van der Waals surface area contributed by atoms with Gasteiger partial charge in [-0.2, -0.15) is 5.26 Å². The van der Waals surface area contributed by atoms with Gasteiger partial charge in [0.25, 0.3) is 5.91 Å². The lowest BCUT2D eigenvalue weighted by Crippen LogP contribution is -2.39. The third-order valence-electron chi connectivity index (χ3n) is 3.99. The number of hydrogen-bond donors (Lipinski definition) is 0. The number of nitrogens with zero attached hydrogens (tertiary/aromatic N) is 2. The lowest BCUT2D eigenvalue weighted by Gasteiger charge is -2.30. The van der Waals surface area contributed by atoms with Crippen LogP contribution in [0, 0.1) is 23.1 Å². The molecule has 0 radical (unpaired) electrons. The number of likely N-dealkylation sites (tertiary alicyclic amines) is 1. The topological polar surface area (TPSA) is 44.1 Å². The number of piperidine rings is 1. The number of halogens is 1. The van der Waals surface area contributed by atoms with Crippen molar-refractivity contribution >= 4 is 16.7 Å². The van der Waals surface area contributed by atoms with Crippen LogP contribution < -0.4 is 0 Å². The van der Waals surface area contributed by atoms with Crippen LogP contribution in [0.5, 0.6) is 0 Å². The van der Waals surface area contributed by atoms with Gasteiger partial charge in [-0.3, -0.25) is 4.79 Å². The molecule has 0 saturated carbocycles. The van der Waals surface area contributed by atoms with Gasteiger partial charge >= 0.3 is 0 Å². The molecule has 1 heterocycles. The van der Waals surface area contributed by atoms with Crippen molar-refractivity contribution in [2.75, 3.05) is 13.1 Å². The van der Waals surface area contributed by atoms with Crippen LogP contribution >= 0.6 is 0 Å².